The summed E-state index contributed by atoms with van der Waals surface area (Å²) in [7, 11) is 0. The zero-order valence-corrected chi connectivity index (χ0v) is 27.4. The highest BCUT2D eigenvalue weighted by molar-refractivity contribution is 9.10. The van der Waals surface area contributed by atoms with Crippen LogP contribution in [-0.2, 0) is 4.79 Å². The standard InChI is InChI=1S/C34H26Br2N4O5/c1-3-43-29-16-22(26(36)17-30(29)44-19-32(41)38-24-11-8-20(2)9-12-24)18-37-40-33(39-27-7-5-4-6-25(27)34(40)42)31-15-21-14-23(35)10-13-28(21)45-31/h4-18H,3,19H2,1-2H3,(H,38,41). The summed E-state index contributed by atoms with van der Waals surface area (Å²) in [5.41, 5.74) is 3.21. The maximum Gasteiger partial charge on any atom is 0.282 e. The van der Waals surface area contributed by atoms with Gasteiger partial charge < -0.3 is 19.2 Å². The molecule has 226 valence electrons. The molecule has 0 aliphatic carbocycles. The Bertz CT molecular complexity index is 2140. The van der Waals surface area contributed by atoms with E-state index in [9.17, 15) is 9.59 Å². The molecule has 4 aromatic carbocycles. The molecule has 0 aliphatic rings. The smallest absolute Gasteiger partial charge is 0.282 e. The zero-order valence-electron chi connectivity index (χ0n) is 24.2. The Balaban J connectivity index is 1.33. The first-order valence-corrected chi connectivity index (χ1v) is 15.6. The number of carbonyl (C=O) groups excluding carboxylic acids is 1. The third-order valence-electron chi connectivity index (χ3n) is 6.82. The molecule has 0 bridgehead atoms. The van der Waals surface area contributed by atoms with Gasteiger partial charge in [-0.3, -0.25) is 9.59 Å². The van der Waals surface area contributed by atoms with E-state index in [-0.39, 0.29) is 23.9 Å². The van der Waals surface area contributed by atoms with Crippen molar-refractivity contribution in [2.75, 3.05) is 18.5 Å². The van der Waals surface area contributed by atoms with E-state index in [4.69, 9.17) is 18.9 Å². The maximum absolute atomic E-state index is 13.7. The van der Waals surface area contributed by atoms with E-state index in [1.165, 1.54) is 10.9 Å². The van der Waals surface area contributed by atoms with Crippen molar-refractivity contribution >= 4 is 71.5 Å². The monoisotopic (exact) mass is 728 g/mol. The highest BCUT2D eigenvalue weighted by atomic mass is 79.9. The second-order valence-electron chi connectivity index (χ2n) is 10.1. The number of anilines is 1. The van der Waals surface area contributed by atoms with Gasteiger partial charge >= 0.3 is 0 Å². The molecule has 45 heavy (non-hydrogen) atoms. The second kappa shape index (κ2) is 13.1. The lowest BCUT2D eigenvalue weighted by Gasteiger charge is -2.14. The van der Waals surface area contributed by atoms with Crippen LogP contribution in [0, 0.1) is 6.92 Å². The van der Waals surface area contributed by atoms with E-state index in [2.05, 4.69) is 42.3 Å². The molecule has 0 radical (unpaired) electrons. The van der Waals surface area contributed by atoms with Gasteiger partial charge in [0, 0.05) is 25.6 Å². The minimum atomic E-state index is -0.353. The molecule has 2 heterocycles. The molecule has 1 N–H and O–H groups in total. The van der Waals surface area contributed by atoms with Gasteiger partial charge in [0.15, 0.2) is 23.9 Å². The number of benzene rings is 4. The van der Waals surface area contributed by atoms with Crippen molar-refractivity contribution < 1.29 is 18.7 Å². The van der Waals surface area contributed by atoms with E-state index in [1.807, 2.05) is 68.4 Å². The Labute approximate surface area is 274 Å². The molecule has 1 amide bonds. The Morgan fingerprint density at radius 3 is 2.58 bits per heavy atom. The summed E-state index contributed by atoms with van der Waals surface area (Å²) in [6.07, 6.45) is 1.53. The van der Waals surface area contributed by atoms with Crippen molar-refractivity contribution in [3.63, 3.8) is 0 Å². The molecule has 2 aromatic heterocycles. The van der Waals surface area contributed by atoms with Crippen molar-refractivity contribution in [1.82, 2.24) is 9.66 Å². The number of carbonyl (C=O) groups is 1. The van der Waals surface area contributed by atoms with Crippen LogP contribution in [0.15, 0.2) is 108 Å². The van der Waals surface area contributed by atoms with Gasteiger partial charge in [-0.2, -0.15) is 9.78 Å². The number of furan rings is 1. The molecule has 0 unspecified atom stereocenters. The summed E-state index contributed by atoms with van der Waals surface area (Å²) < 4.78 is 20.5. The molecule has 0 fully saturated rings. The summed E-state index contributed by atoms with van der Waals surface area (Å²) in [6, 6.07) is 25.5. The number of aromatic nitrogens is 2. The minimum absolute atomic E-state index is 0.219. The van der Waals surface area contributed by atoms with Crippen LogP contribution in [0.25, 0.3) is 33.5 Å². The van der Waals surface area contributed by atoms with Crippen LogP contribution in [0.5, 0.6) is 11.5 Å². The van der Waals surface area contributed by atoms with Crippen LogP contribution in [0.1, 0.15) is 18.1 Å². The fourth-order valence-corrected chi connectivity index (χ4v) is 5.45. The summed E-state index contributed by atoms with van der Waals surface area (Å²) in [6.45, 7) is 3.97. The van der Waals surface area contributed by atoms with Crippen molar-refractivity contribution in [1.29, 1.82) is 0 Å². The first kappa shape index (κ1) is 30.3. The summed E-state index contributed by atoms with van der Waals surface area (Å²) >= 11 is 7.06. The van der Waals surface area contributed by atoms with E-state index >= 15 is 0 Å². The Morgan fingerprint density at radius 1 is 1.00 bits per heavy atom. The summed E-state index contributed by atoms with van der Waals surface area (Å²) in [5.74, 6) is 1.13. The Morgan fingerprint density at radius 2 is 1.78 bits per heavy atom. The Kier molecular flexibility index (Phi) is 8.81. The predicted octanol–water partition coefficient (Wildman–Crippen LogP) is 7.94. The number of nitrogens with one attached hydrogen (secondary N) is 1. The van der Waals surface area contributed by atoms with Crippen LogP contribution in [0.2, 0.25) is 0 Å². The number of nitrogens with zero attached hydrogens (tertiary/aromatic N) is 3. The average molecular weight is 730 g/mol. The van der Waals surface area contributed by atoms with Crippen LogP contribution < -0.4 is 20.3 Å². The lowest BCUT2D eigenvalue weighted by Crippen LogP contribution is -2.20. The van der Waals surface area contributed by atoms with Gasteiger partial charge in [-0.1, -0.05) is 45.8 Å². The molecular weight excluding hydrogens is 704 g/mol. The fourth-order valence-electron chi connectivity index (χ4n) is 4.64. The number of halogens is 2. The van der Waals surface area contributed by atoms with Gasteiger partial charge in [0.1, 0.15) is 5.58 Å². The third-order valence-corrected chi connectivity index (χ3v) is 8.00. The summed E-state index contributed by atoms with van der Waals surface area (Å²) in [4.78, 5) is 31.0. The zero-order chi connectivity index (χ0) is 31.5. The lowest BCUT2D eigenvalue weighted by molar-refractivity contribution is -0.118. The molecule has 11 heteroatoms. The molecule has 0 spiro atoms. The minimum Gasteiger partial charge on any atom is -0.490 e. The van der Waals surface area contributed by atoms with Gasteiger partial charge in [-0.05, 0) is 90.4 Å². The maximum atomic E-state index is 13.7. The highest BCUT2D eigenvalue weighted by Gasteiger charge is 2.18. The number of hydrogen-bond donors (Lipinski definition) is 1. The normalized spacial score (nSPS) is 11.4. The predicted molar refractivity (Wildman–Crippen MR) is 183 cm³/mol. The molecular formula is C34H26Br2N4O5. The van der Waals surface area contributed by atoms with Crippen LogP contribution in [-0.4, -0.2) is 35.0 Å². The number of amides is 1. The van der Waals surface area contributed by atoms with Gasteiger partial charge in [0.25, 0.3) is 11.5 Å². The molecule has 9 nitrogen and oxygen atoms in total. The number of aryl methyl sites for hydroxylation is 1. The highest BCUT2D eigenvalue weighted by Crippen LogP contribution is 2.34. The molecule has 0 saturated carbocycles. The molecule has 0 aliphatic heterocycles. The fraction of sp³-hybridized carbons (Fsp3) is 0.118. The lowest BCUT2D eigenvalue weighted by atomic mass is 10.2. The average Bonchev–Trinajstić information content (AvgIpc) is 3.45. The Hall–Kier alpha value is -4.74. The number of rotatable bonds is 9. The van der Waals surface area contributed by atoms with Crippen LogP contribution >= 0.6 is 31.9 Å². The van der Waals surface area contributed by atoms with Gasteiger partial charge in [-0.25, -0.2) is 4.98 Å². The van der Waals surface area contributed by atoms with Gasteiger partial charge in [0.2, 0.25) is 5.82 Å². The van der Waals surface area contributed by atoms with E-state index in [0.29, 0.717) is 56.1 Å². The van der Waals surface area contributed by atoms with Gasteiger partial charge in [0.05, 0.1) is 23.7 Å². The van der Waals surface area contributed by atoms with Crippen molar-refractivity contribution in [2.45, 2.75) is 13.8 Å². The first-order valence-electron chi connectivity index (χ1n) is 14.0. The third kappa shape index (κ3) is 6.69. The summed E-state index contributed by atoms with van der Waals surface area (Å²) in [5, 5.41) is 8.65. The number of hydrogen-bond acceptors (Lipinski definition) is 7. The second-order valence-corrected chi connectivity index (χ2v) is 11.8. The van der Waals surface area contributed by atoms with E-state index in [0.717, 1.165) is 15.4 Å². The number of para-hydroxylation sites is 1. The SMILES string of the molecule is CCOc1cc(C=Nn2c(-c3cc4cc(Br)ccc4o3)nc3ccccc3c2=O)c(Br)cc1OCC(=O)Nc1ccc(C)cc1. The van der Waals surface area contributed by atoms with Crippen molar-refractivity contribution in [2.24, 2.45) is 5.10 Å². The van der Waals surface area contributed by atoms with Crippen LogP contribution in [0.3, 0.4) is 0 Å². The van der Waals surface area contributed by atoms with Gasteiger partial charge in [-0.15, -0.1) is 0 Å². The molecule has 6 aromatic rings. The van der Waals surface area contributed by atoms with E-state index < -0.39 is 0 Å². The van der Waals surface area contributed by atoms with E-state index in [1.54, 1.807) is 30.3 Å². The molecule has 6 rings (SSSR count). The largest absolute Gasteiger partial charge is 0.490 e. The van der Waals surface area contributed by atoms with Crippen molar-refractivity contribution in [3.05, 3.63) is 115 Å². The molecule has 0 atom stereocenters. The number of ether oxygens (including phenoxy) is 2. The van der Waals surface area contributed by atoms with Crippen LogP contribution in [0.4, 0.5) is 5.69 Å². The first-order chi connectivity index (χ1) is 21.8. The topological polar surface area (TPSA) is 108 Å². The number of fused-ring (bicyclic) bond motifs is 2. The van der Waals surface area contributed by atoms with Crippen molar-refractivity contribution in [3.8, 4) is 23.1 Å². The quantitative estimate of drug-likeness (QED) is 0.152. The molecule has 0 saturated heterocycles.